The standard InChI is InChI=1S/C28H31N7O5.C23H23N7O3.C19H23ClN6O3/c1-28(2,3)40-27(38)34-13-11-33(12-14-34)23-8-9-29-16-22(23)31-24(36)21-7-10-30-26(32-21)35-17-18-5-6-19(39-4)15-20(18)25(35)37;1-33-16-3-2-15-14-30(22(32)17(15)12-16)23-26-7-4-18(28-23)21(31)27-19-13-25-6-5-20(19)29-10-8-24-9-11-29;1-19(2,3)29-18(28)26-10-8-25(9-11-26)15-5-6-21-12-14(15)23-16(27)13-4-7-22-17(20)24-13/h5-10,15-16H,11-14,17H2,1-4H3,(H,31,36);2-7,12-13,24H,8-11,14H2,1H3,(H,27,31);4-7,12H,8-11H2,1-3H3,(H,23,27). The van der Waals surface area contributed by atoms with Crippen LogP contribution in [0, 0.1) is 0 Å². The number of anilines is 8. The van der Waals surface area contributed by atoms with E-state index in [0.29, 0.717) is 105 Å². The van der Waals surface area contributed by atoms with Crippen LogP contribution in [-0.2, 0) is 22.6 Å². The topological polar surface area (TPSA) is 343 Å². The van der Waals surface area contributed by atoms with Gasteiger partial charge in [-0.2, -0.15) is 0 Å². The van der Waals surface area contributed by atoms with E-state index in [1.807, 2.05) is 77.9 Å². The van der Waals surface area contributed by atoms with Gasteiger partial charge >= 0.3 is 12.2 Å². The van der Waals surface area contributed by atoms with Crippen molar-refractivity contribution in [3.05, 3.63) is 173 Å². The second-order valence-electron chi connectivity index (χ2n) is 25.7. The number of pyridine rings is 3. The number of amides is 7. The number of halogens is 1. The van der Waals surface area contributed by atoms with Gasteiger partial charge in [-0.3, -0.25) is 48.7 Å². The molecule has 102 heavy (non-hydrogen) atoms. The molecule has 31 nitrogen and oxygen atoms in total. The van der Waals surface area contributed by atoms with E-state index in [0.717, 1.165) is 54.4 Å². The smallest absolute Gasteiger partial charge is 0.410 e. The van der Waals surface area contributed by atoms with Gasteiger partial charge in [-0.1, -0.05) is 12.1 Å². The molecule has 2 aromatic carbocycles. The summed E-state index contributed by atoms with van der Waals surface area (Å²) in [4.78, 5) is 139. The summed E-state index contributed by atoms with van der Waals surface area (Å²) in [5.41, 5.74) is 6.28. The Labute approximate surface area is 593 Å². The maximum Gasteiger partial charge on any atom is 0.410 e. The van der Waals surface area contributed by atoms with E-state index in [9.17, 15) is 33.6 Å². The minimum absolute atomic E-state index is 0.00215. The first-order valence-corrected chi connectivity index (χ1v) is 33.2. The summed E-state index contributed by atoms with van der Waals surface area (Å²) >= 11 is 5.76. The Bertz CT molecular complexity index is 4420. The first-order valence-electron chi connectivity index (χ1n) is 32.8. The van der Waals surface area contributed by atoms with Crippen LogP contribution in [0.3, 0.4) is 0 Å². The molecular weight excluding hydrogens is 1330 g/mol. The molecule has 3 fully saturated rings. The van der Waals surface area contributed by atoms with Crippen LogP contribution in [-0.4, -0.2) is 200 Å². The minimum atomic E-state index is -0.558. The van der Waals surface area contributed by atoms with Gasteiger partial charge < -0.3 is 64.7 Å². The molecule has 8 aromatic rings. The number of piperazine rings is 3. The molecule has 7 amide bonds. The van der Waals surface area contributed by atoms with Gasteiger partial charge in [-0.25, -0.2) is 39.5 Å². The molecule has 0 saturated carbocycles. The zero-order valence-corrected chi connectivity index (χ0v) is 58.3. The first kappa shape index (κ1) is 71.6. The number of hydrogen-bond donors (Lipinski definition) is 4. The molecule has 4 N–H and O–H groups in total. The van der Waals surface area contributed by atoms with Crippen molar-refractivity contribution >= 4 is 99.3 Å². The third kappa shape index (κ3) is 17.6. The average Bonchev–Trinajstić information content (AvgIpc) is 1.60. The molecule has 0 aliphatic carbocycles. The normalized spacial score (nSPS) is 15.0. The Morgan fingerprint density at radius 3 is 1.19 bits per heavy atom. The van der Waals surface area contributed by atoms with E-state index in [1.165, 1.54) is 46.6 Å². The maximum atomic E-state index is 13.2. The second-order valence-corrected chi connectivity index (χ2v) is 26.0. The highest BCUT2D eigenvalue weighted by atomic mass is 35.5. The lowest BCUT2D eigenvalue weighted by molar-refractivity contribution is 0.0230. The van der Waals surface area contributed by atoms with Crippen LogP contribution in [0.4, 0.5) is 55.6 Å². The first-order chi connectivity index (χ1) is 49.0. The average molecular weight is 1410 g/mol. The van der Waals surface area contributed by atoms with Crippen molar-refractivity contribution in [2.75, 3.05) is 133 Å². The van der Waals surface area contributed by atoms with Crippen LogP contribution < -0.4 is 55.2 Å². The fourth-order valence-electron chi connectivity index (χ4n) is 11.5. The Morgan fingerprint density at radius 2 is 0.824 bits per heavy atom. The summed E-state index contributed by atoms with van der Waals surface area (Å²) in [7, 11) is 3.10. The summed E-state index contributed by atoms with van der Waals surface area (Å²) in [6.45, 7) is 19.5. The fourth-order valence-corrected chi connectivity index (χ4v) is 11.6. The fraction of sp³-hybridized carbons (Fsp3) is 0.343. The number of carbonyl (C=O) groups excluding carboxylic acids is 7. The lowest BCUT2D eigenvalue weighted by Gasteiger charge is -2.37. The predicted molar refractivity (Wildman–Crippen MR) is 380 cm³/mol. The summed E-state index contributed by atoms with van der Waals surface area (Å²) in [6, 6.07) is 20.7. The number of rotatable bonds is 13. The van der Waals surface area contributed by atoms with Crippen LogP contribution in [0.2, 0.25) is 5.28 Å². The Morgan fingerprint density at radius 1 is 0.461 bits per heavy atom. The van der Waals surface area contributed by atoms with Crippen molar-refractivity contribution in [3.8, 4) is 11.5 Å². The molecule has 0 unspecified atom stereocenters. The van der Waals surface area contributed by atoms with Gasteiger partial charge in [0.2, 0.25) is 17.2 Å². The molecule has 13 rings (SSSR count). The van der Waals surface area contributed by atoms with Gasteiger partial charge in [0.1, 0.15) is 39.8 Å². The minimum Gasteiger partial charge on any atom is -0.497 e. The van der Waals surface area contributed by atoms with Crippen LogP contribution >= 0.6 is 11.6 Å². The number of methoxy groups -OCH3 is 2. The molecule has 0 bridgehead atoms. The number of nitrogens with one attached hydrogen (secondary N) is 4. The summed E-state index contributed by atoms with van der Waals surface area (Å²) in [5.74, 6) is -0.243. The third-order valence-electron chi connectivity index (χ3n) is 16.5. The van der Waals surface area contributed by atoms with Crippen molar-refractivity contribution in [1.82, 2.24) is 60.0 Å². The van der Waals surface area contributed by atoms with Gasteiger partial charge in [-0.05, 0) is 125 Å². The maximum absolute atomic E-state index is 13.2. The Hall–Kier alpha value is -11.7. The van der Waals surface area contributed by atoms with E-state index in [4.69, 9.17) is 30.5 Å². The Balaban J connectivity index is 0.000000156. The quantitative estimate of drug-likeness (QED) is 0.0797. The third-order valence-corrected chi connectivity index (χ3v) is 16.7. The second kappa shape index (κ2) is 31.6. The van der Waals surface area contributed by atoms with Gasteiger partial charge in [0, 0.05) is 127 Å². The van der Waals surface area contributed by atoms with Gasteiger partial charge in [0.05, 0.1) is 80.0 Å². The summed E-state index contributed by atoms with van der Waals surface area (Å²) in [6.07, 6.45) is 13.5. The van der Waals surface area contributed by atoms with Gasteiger partial charge in [0.25, 0.3) is 29.5 Å². The van der Waals surface area contributed by atoms with E-state index in [-0.39, 0.29) is 58.3 Å². The number of ether oxygens (including phenoxy) is 4. The van der Waals surface area contributed by atoms with Crippen LogP contribution in [0.5, 0.6) is 11.5 Å². The zero-order chi connectivity index (χ0) is 72.2. The molecule has 32 heteroatoms. The number of hydrogen-bond acceptors (Lipinski definition) is 24. The molecule has 0 atom stereocenters. The zero-order valence-electron chi connectivity index (χ0n) is 57.5. The number of fused-ring (bicyclic) bond motifs is 2. The number of aromatic nitrogens is 9. The van der Waals surface area contributed by atoms with Crippen molar-refractivity contribution in [1.29, 1.82) is 0 Å². The van der Waals surface area contributed by atoms with Gasteiger partial charge in [-0.15, -0.1) is 0 Å². The molecule has 6 aromatic heterocycles. The number of carbonyl (C=O) groups is 7. The van der Waals surface area contributed by atoms with E-state index >= 15 is 0 Å². The van der Waals surface area contributed by atoms with E-state index in [1.54, 1.807) is 79.4 Å². The highest BCUT2D eigenvalue weighted by molar-refractivity contribution is 6.28. The monoisotopic (exact) mass is 1410 g/mol. The van der Waals surface area contributed by atoms with Crippen LogP contribution in [0.25, 0.3) is 0 Å². The highest BCUT2D eigenvalue weighted by Crippen LogP contribution is 2.34. The molecular formula is C70H77ClN20O11. The Kier molecular flexibility index (Phi) is 22.2. The molecule has 530 valence electrons. The van der Waals surface area contributed by atoms with Crippen LogP contribution in [0.1, 0.15) is 105 Å². The predicted octanol–water partition coefficient (Wildman–Crippen LogP) is 7.89. The van der Waals surface area contributed by atoms with Crippen molar-refractivity contribution in [3.63, 3.8) is 0 Å². The van der Waals surface area contributed by atoms with Crippen molar-refractivity contribution < 1.29 is 52.5 Å². The number of benzene rings is 2. The molecule has 5 aliphatic rings. The molecule has 3 saturated heterocycles. The molecule has 0 radical (unpaired) electrons. The van der Waals surface area contributed by atoms with Crippen LogP contribution in [0.15, 0.2) is 129 Å². The molecule has 0 spiro atoms. The molecule has 5 aliphatic heterocycles. The number of nitrogens with zero attached hydrogens (tertiary/aromatic N) is 16. The van der Waals surface area contributed by atoms with E-state index < -0.39 is 28.9 Å². The van der Waals surface area contributed by atoms with Gasteiger partial charge in [0.15, 0.2) is 0 Å². The largest absolute Gasteiger partial charge is 0.497 e. The highest BCUT2D eigenvalue weighted by Gasteiger charge is 2.35. The molecule has 11 heterocycles. The van der Waals surface area contributed by atoms with Crippen molar-refractivity contribution in [2.24, 2.45) is 0 Å². The summed E-state index contributed by atoms with van der Waals surface area (Å²) < 4.78 is 21.4. The SMILES string of the molecule is CC(C)(C)OC(=O)N1CCN(c2ccncc2NC(=O)c2ccnc(Cl)n2)CC1.COc1ccc2c(c1)C(=O)N(c1nccc(C(=O)Nc3cnccc3N3CCN(C(=O)OC(C)(C)C)CC3)n1)C2.COc1ccc2c(c1)C(=O)N(c1nccc(C(=O)Nc3cnccc3N3CCNCC3)n1)C2. The van der Waals surface area contributed by atoms with Crippen molar-refractivity contribution in [2.45, 2.75) is 65.8 Å². The lowest BCUT2D eigenvalue weighted by Crippen LogP contribution is -2.50. The summed E-state index contributed by atoms with van der Waals surface area (Å²) in [5, 5.41) is 11.9. The van der Waals surface area contributed by atoms with E-state index in [2.05, 4.69) is 80.8 Å². The lowest BCUT2D eigenvalue weighted by atomic mass is 10.1.